The summed E-state index contributed by atoms with van der Waals surface area (Å²) in [7, 11) is 0. The summed E-state index contributed by atoms with van der Waals surface area (Å²) >= 11 is 0. The van der Waals surface area contributed by atoms with E-state index in [0.717, 1.165) is 28.0 Å². The van der Waals surface area contributed by atoms with Crippen molar-refractivity contribution in [3.05, 3.63) is 69.6 Å². The van der Waals surface area contributed by atoms with E-state index in [4.69, 9.17) is 0 Å². The molecule has 1 heterocycles. The molecule has 0 aliphatic carbocycles. The Bertz CT molecular complexity index is 766. The zero-order valence-corrected chi connectivity index (χ0v) is 12.4. The van der Waals surface area contributed by atoms with Crippen molar-refractivity contribution >= 4 is 5.91 Å². The zero-order chi connectivity index (χ0) is 17.0. The first-order chi connectivity index (χ1) is 10.8. The van der Waals surface area contributed by atoms with E-state index in [1.807, 2.05) is 31.2 Å². The van der Waals surface area contributed by atoms with Gasteiger partial charge in [0.15, 0.2) is 0 Å². The Morgan fingerprint density at radius 1 is 1.22 bits per heavy atom. The van der Waals surface area contributed by atoms with Gasteiger partial charge < -0.3 is 9.88 Å². The molecule has 0 spiro atoms. The van der Waals surface area contributed by atoms with Gasteiger partial charge in [0.2, 0.25) is 5.91 Å². The van der Waals surface area contributed by atoms with Gasteiger partial charge in [-0.2, -0.15) is 13.2 Å². The molecule has 0 atom stereocenters. The molecule has 7 heteroatoms. The van der Waals surface area contributed by atoms with Crippen molar-refractivity contribution in [2.75, 3.05) is 0 Å². The fraction of sp³-hybridized carbons (Fsp3) is 0.250. The lowest BCUT2D eigenvalue weighted by molar-refractivity contribution is -0.139. The fourth-order valence-corrected chi connectivity index (χ4v) is 2.11. The Kier molecular flexibility index (Phi) is 4.88. The summed E-state index contributed by atoms with van der Waals surface area (Å²) in [4.78, 5) is 23.6. The van der Waals surface area contributed by atoms with Crippen LogP contribution < -0.4 is 10.9 Å². The average molecular weight is 324 g/mol. The first kappa shape index (κ1) is 16.8. The number of aryl methyl sites for hydroxylation is 1. The number of alkyl halides is 3. The van der Waals surface area contributed by atoms with Crippen LogP contribution in [0.4, 0.5) is 13.2 Å². The maximum Gasteiger partial charge on any atom is 0.421 e. The number of benzene rings is 1. The van der Waals surface area contributed by atoms with Crippen molar-refractivity contribution in [1.82, 2.24) is 9.88 Å². The Morgan fingerprint density at radius 2 is 1.96 bits per heavy atom. The lowest BCUT2D eigenvalue weighted by Gasteiger charge is -2.11. The van der Waals surface area contributed by atoms with Crippen LogP contribution in [0, 0.1) is 6.92 Å². The highest BCUT2D eigenvalue weighted by Gasteiger charge is 2.34. The number of nitrogens with one attached hydrogen (secondary N) is 1. The minimum atomic E-state index is -4.74. The number of carbonyl (C=O) groups excluding carboxylic acids is 1. The van der Waals surface area contributed by atoms with E-state index in [2.05, 4.69) is 5.32 Å². The summed E-state index contributed by atoms with van der Waals surface area (Å²) in [5, 5.41) is 2.58. The highest BCUT2D eigenvalue weighted by molar-refractivity contribution is 5.75. The molecule has 1 N–H and O–H groups in total. The molecule has 0 aliphatic rings. The Labute approximate surface area is 130 Å². The summed E-state index contributed by atoms with van der Waals surface area (Å²) in [6.07, 6.45) is -3.58. The second kappa shape index (κ2) is 6.68. The standard InChI is InChI=1S/C16H15F3N2O2/c1-11-4-2-5-12(8-11)9-20-14(22)10-21-7-3-6-13(15(21)23)16(17,18)19/h2-8H,9-10H2,1H3,(H,20,22). The average Bonchev–Trinajstić information content (AvgIpc) is 2.46. The van der Waals surface area contributed by atoms with Crippen LogP contribution in [0.3, 0.4) is 0 Å². The maximum absolute atomic E-state index is 12.7. The van der Waals surface area contributed by atoms with Crippen LogP contribution in [0.5, 0.6) is 0 Å². The minimum absolute atomic E-state index is 0.244. The second-order valence-electron chi connectivity index (χ2n) is 5.12. The SMILES string of the molecule is Cc1cccc(CNC(=O)Cn2cccc(C(F)(F)F)c2=O)c1. The predicted octanol–water partition coefficient (Wildman–Crippen LogP) is 2.49. The van der Waals surface area contributed by atoms with E-state index < -0.39 is 29.8 Å². The Balaban J connectivity index is 2.05. The van der Waals surface area contributed by atoms with Crippen molar-refractivity contribution in [3.63, 3.8) is 0 Å². The van der Waals surface area contributed by atoms with Gasteiger partial charge in [-0.15, -0.1) is 0 Å². The summed E-state index contributed by atoms with van der Waals surface area (Å²) < 4.78 is 38.7. The number of amides is 1. The molecule has 1 aromatic heterocycles. The number of hydrogen-bond donors (Lipinski definition) is 1. The molecule has 0 saturated heterocycles. The molecule has 0 aliphatic heterocycles. The van der Waals surface area contributed by atoms with Gasteiger partial charge in [0, 0.05) is 12.7 Å². The Hall–Kier alpha value is -2.57. The number of halogens is 3. The fourth-order valence-electron chi connectivity index (χ4n) is 2.11. The molecule has 4 nitrogen and oxygen atoms in total. The molecule has 0 saturated carbocycles. The number of aromatic nitrogens is 1. The first-order valence-electron chi connectivity index (χ1n) is 6.86. The molecule has 0 unspecified atom stereocenters. The zero-order valence-electron chi connectivity index (χ0n) is 12.4. The Morgan fingerprint density at radius 3 is 2.61 bits per heavy atom. The van der Waals surface area contributed by atoms with E-state index in [1.165, 1.54) is 0 Å². The van der Waals surface area contributed by atoms with Crippen molar-refractivity contribution < 1.29 is 18.0 Å². The normalized spacial score (nSPS) is 11.3. The van der Waals surface area contributed by atoms with Gasteiger partial charge >= 0.3 is 6.18 Å². The van der Waals surface area contributed by atoms with Gasteiger partial charge in [0.25, 0.3) is 5.56 Å². The third kappa shape index (κ3) is 4.45. The van der Waals surface area contributed by atoms with Gasteiger partial charge in [-0.3, -0.25) is 9.59 Å². The lowest BCUT2D eigenvalue weighted by Crippen LogP contribution is -2.34. The monoisotopic (exact) mass is 324 g/mol. The van der Waals surface area contributed by atoms with Crippen molar-refractivity contribution in [3.8, 4) is 0 Å². The van der Waals surface area contributed by atoms with Crippen molar-refractivity contribution in [1.29, 1.82) is 0 Å². The summed E-state index contributed by atoms with van der Waals surface area (Å²) in [6, 6.07) is 9.25. The molecule has 2 rings (SSSR count). The number of rotatable bonds is 4. The predicted molar refractivity (Wildman–Crippen MR) is 78.7 cm³/mol. The summed E-state index contributed by atoms with van der Waals surface area (Å²) in [5.74, 6) is -0.534. The molecule has 0 bridgehead atoms. The smallest absolute Gasteiger partial charge is 0.350 e. The van der Waals surface area contributed by atoms with Crippen LogP contribution in [-0.4, -0.2) is 10.5 Å². The number of carbonyl (C=O) groups is 1. The van der Waals surface area contributed by atoms with Crippen molar-refractivity contribution in [2.45, 2.75) is 26.2 Å². The largest absolute Gasteiger partial charge is 0.421 e. The molecule has 23 heavy (non-hydrogen) atoms. The van der Waals surface area contributed by atoms with Crippen LogP contribution in [0.15, 0.2) is 47.4 Å². The third-order valence-corrected chi connectivity index (χ3v) is 3.21. The first-order valence-corrected chi connectivity index (χ1v) is 6.86. The van der Waals surface area contributed by atoms with E-state index in [-0.39, 0.29) is 6.54 Å². The second-order valence-corrected chi connectivity index (χ2v) is 5.12. The highest BCUT2D eigenvalue weighted by Crippen LogP contribution is 2.25. The van der Waals surface area contributed by atoms with E-state index in [1.54, 1.807) is 0 Å². The van der Waals surface area contributed by atoms with E-state index >= 15 is 0 Å². The van der Waals surface area contributed by atoms with Crippen LogP contribution in [0.25, 0.3) is 0 Å². The minimum Gasteiger partial charge on any atom is -0.350 e. The van der Waals surface area contributed by atoms with Crippen LogP contribution in [0.1, 0.15) is 16.7 Å². The molecule has 1 aromatic carbocycles. The number of pyridine rings is 1. The van der Waals surface area contributed by atoms with Gasteiger partial charge in [0.05, 0.1) is 0 Å². The lowest BCUT2D eigenvalue weighted by atomic mass is 10.1. The van der Waals surface area contributed by atoms with Gasteiger partial charge in [-0.25, -0.2) is 0 Å². The number of hydrogen-bond acceptors (Lipinski definition) is 2. The quantitative estimate of drug-likeness (QED) is 0.939. The van der Waals surface area contributed by atoms with Crippen molar-refractivity contribution in [2.24, 2.45) is 0 Å². The van der Waals surface area contributed by atoms with Crippen LogP contribution in [-0.2, 0) is 24.1 Å². The van der Waals surface area contributed by atoms with Gasteiger partial charge in [-0.1, -0.05) is 29.8 Å². The summed E-state index contributed by atoms with van der Waals surface area (Å²) in [5.41, 5.74) is -0.613. The van der Waals surface area contributed by atoms with Crippen LogP contribution in [0.2, 0.25) is 0 Å². The van der Waals surface area contributed by atoms with Crippen LogP contribution >= 0.6 is 0 Å². The molecular weight excluding hydrogens is 309 g/mol. The molecule has 0 radical (unpaired) electrons. The molecule has 0 fully saturated rings. The number of nitrogens with zero attached hydrogens (tertiary/aromatic N) is 1. The van der Waals surface area contributed by atoms with Gasteiger partial charge in [0.1, 0.15) is 12.1 Å². The molecule has 122 valence electrons. The van der Waals surface area contributed by atoms with E-state index in [0.29, 0.717) is 6.07 Å². The third-order valence-electron chi connectivity index (χ3n) is 3.21. The highest BCUT2D eigenvalue weighted by atomic mass is 19.4. The van der Waals surface area contributed by atoms with E-state index in [9.17, 15) is 22.8 Å². The molecule has 2 aromatic rings. The molecule has 1 amide bonds. The topological polar surface area (TPSA) is 51.1 Å². The molecular formula is C16H15F3N2O2. The maximum atomic E-state index is 12.7. The van der Waals surface area contributed by atoms with Gasteiger partial charge in [-0.05, 0) is 24.6 Å². The summed E-state index contributed by atoms with van der Waals surface area (Å²) in [6.45, 7) is 1.69.